The summed E-state index contributed by atoms with van der Waals surface area (Å²) in [6.45, 7) is 6.13. The molecule has 15 heavy (non-hydrogen) atoms. The van der Waals surface area contributed by atoms with E-state index < -0.39 is 5.54 Å². The SMILES string of the molecule is CCCCCC(=O)NC(CC)(CC)CO. The van der Waals surface area contributed by atoms with Gasteiger partial charge in [-0.05, 0) is 19.3 Å². The number of unbranched alkanes of at least 4 members (excludes halogenated alkanes) is 2. The van der Waals surface area contributed by atoms with Crippen LogP contribution in [0.3, 0.4) is 0 Å². The number of rotatable bonds is 8. The van der Waals surface area contributed by atoms with Crippen LogP contribution in [0.15, 0.2) is 0 Å². The fourth-order valence-electron chi connectivity index (χ4n) is 1.58. The maximum atomic E-state index is 11.6. The van der Waals surface area contributed by atoms with Gasteiger partial charge in [-0.1, -0.05) is 33.6 Å². The highest BCUT2D eigenvalue weighted by molar-refractivity contribution is 5.76. The Hall–Kier alpha value is -0.570. The van der Waals surface area contributed by atoms with E-state index in [0.717, 1.165) is 32.1 Å². The molecule has 1 amide bonds. The minimum Gasteiger partial charge on any atom is -0.394 e. The summed E-state index contributed by atoms with van der Waals surface area (Å²) in [5.41, 5.74) is -0.400. The van der Waals surface area contributed by atoms with E-state index in [1.54, 1.807) is 0 Å². The number of amides is 1. The second kappa shape index (κ2) is 7.69. The van der Waals surface area contributed by atoms with E-state index in [-0.39, 0.29) is 12.5 Å². The Labute approximate surface area is 93.3 Å². The lowest BCUT2D eigenvalue weighted by atomic mass is 9.93. The van der Waals surface area contributed by atoms with Gasteiger partial charge in [0.15, 0.2) is 0 Å². The van der Waals surface area contributed by atoms with Crippen LogP contribution in [0.2, 0.25) is 0 Å². The number of carbonyl (C=O) groups is 1. The summed E-state index contributed by atoms with van der Waals surface area (Å²) >= 11 is 0. The molecule has 0 rings (SSSR count). The van der Waals surface area contributed by atoms with E-state index in [1.807, 2.05) is 13.8 Å². The second-order valence-electron chi connectivity index (χ2n) is 4.15. The molecule has 0 unspecified atom stereocenters. The van der Waals surface area contributed by atoms with Gasteiger partial charge in [-0.3, -0.25) is 4.79 Å². The molecular formula is C12H25NO2. The van der Waals surface area contributed by atoms with Gasteiger partial charge in [0, 0.05) is 6.42 Å². The van der Waals surface area contributed by atoms with E-state index in [0.29, 0.717) is 6.42 Å². The fourth-order valence-corrected chi connectivity index (χ4v) is 1.58. The number of nitrogens with one attached hydrogen (secondary N) is 1. The van der Waals surface area contributed by atoms with Crippen LogP contribution in [0.4, 0.5) is 0 Å². The smallest absolute Gasteiger partial charge is 0.220 e. The van der Waals surface area contributed by atoms with Crippen molar-refractivity contribution in [2.75, 3.05) is 6.61 Å². The Balaban J connectivity index is 4.00. The van der Waals surface area contributed by atoms with Crippen LogP contribution < -0.4 is 5.32 Å². The lowest BCUT2D eigenvalue weighted by Crippen LogP contribution is -2.50. The molecule has 0 spiro atoms. The predicted octanol–water partition coefficient (Wildman–Crippen LogP) is 2.23. The standard InChI is InChI=1S/C12H25NO2/c1-4-7-8-9-11(15)13-12(5-2,6-3)10-14/h14H,4-10H2,1-3H3,(H,13,15). The van der Waals surface area contributed by atoms with Crippen LogP contribution in [-0.4, -0.2) is 23.2 Å². The predicted molar refractivity (Wildman–Crippen MR) is 62.7 cm³/mol. The summed E-state index contributed by atoms with van der Waals surface area (Å²) in [6.07, 6.45) is 5.30. The fraction of sp³-hybridized carbons (Fsp3) is 0.917. The zero-order valence-electron chi connectivity index (χ0n) is 10.3. The molecule has 0 bridgehead atoms. The molecule has 3 nitrogen and oxygen atoms in total. The largest absolute Gasteiger partial charge is 0.394 e. The minimum atomic E-state index is -0.400. The molecule has 0 fully saturated rings. The van der Waals surface area contributed by atoms with Crippen molar-refractivity contribution in [3.8, 4) is 0 Å². The van der Waals surface area contributed by atoms with Gasteiger partial charge in [0.25, 0.3) is 0 Å². The first kappa shape index (κ1) is 14.4. The zero-order chi connectivity index (χ0) is 11.7. The summed E-state index contributed by atoms with van der Waals surface area (Å²) in [6, 6.07) is 0. The number of aliphatic hydroxyl groups excluding tert-OH is 1. The highest BCUT2D eigenvalue weighted by Crippen LogP contribution is 2.14. The van der Waals surface area contributed by atoms with Gasteiger partial charge < -0.3 is 10.4 Å². The normalized spacial score (nSPS) is 11.5. The highest BCUT2D eigenvalue weighted by atomic mass is 16.3. The molecule has 0 saturated carbocycles. The van der Waals surface area contributed by atoms with Crippen LogP contribution in [-0.2, 0) is 4.79 Å². The molecular weight excluding hydrogens is 190 g/mol. The number of carbonyl (C=O) groups excluding carboxylic acids is 1. The number of aliphatic hydroxyl groups is 1. The van der Waals surface area contributed by atoms with Crippen molar-refractivity contribution in [2.45, 2.75) is 64.8 Å². The molecule has 0 saturated heterocycles. The van der Waals surface area contributed by atoms with Gasteiger partial charge >= 0.3 is 0 Å². The Kier molecular flexibility index (Phi) is 7.39. The third-order valence-corrected chi connectivity index (χ3v) is 3.07. The molecule has 0 radical (unpaired) electrons. The Morgan fingerprint density at radius 3 is 2.20 bits per heavy atom. The van der Waals surface area contributed by atoms with Gasteiger partial charge in [-0.25, -0.2) is 0 Å². The summed E-state index contributed by atoms with van der Waals surface area (Å²) in [7, 11) is 0. The maximum Gasteiger partial charge on any atom is 0.220 e. The maximum absolute atomic E-state index is 11.6. The van der Waals surface area contributed by atoms with Gasteiger partial charge in [-0.15, -0.1) is 0 Å². The van der Waals surface area contributed by atoms with Gasteiger partial charge in [0.05, 0.1) is 12.1 Å². The number of hydrogen-bond acceptors (Lipinski definition) is 2. The van der Waals surface area contributed by atoms with Crippen molar-refractivity contribution in [3.63, 3.8) is 0 Å². The molecule has 0 aliphatic carbocycles. The van der Waals surface area contributed by atoms with Crippen LogP contribution in [0.5, 0.6) is 0 Å². The van der Waals surface area contributed by atoms with E-state index in [1.165, 1.54) is 0 Å². The van der Waals surface area contributed by atoms with Crippen LogP contribution in [0.25, 0.3) is 0 Å². The summed E-state index contributed by atoms with van der Waals surface area (Å²) in [5, 5.41) is 12.2. The third kappa shape index (κ3) is 5.17. The first-order valence-electron chi connectivity index (χ1n) is 6.06. The third-order valence-electron chi connectivity index (χ3n) is 3.07. The summed E-state index contributed by atoms with van der Waals surface area (Å²) in [4.78, 5) is 11.6. The van der Waals surface area contributed by atoms with Crippen molar-refractivity contribution in [1.82, 2.24) is 5.32 Å². The molecule has 0 aliphatic rings. The van der Waals surface area contributed by atoms with Gasteiger partial charge in [0.1, 0.15) is 0 Å². The molecule has 0 aromatic heterocycles. The lowest BCUT2D eigenvalue weighted by Gasteiger charge is -2.30. The van der Waals surface area contributed by atoms with Gasteiger partial charge in [0.2, 0.25) is 5.91 Å². The number of hydrogen-bond donors (Lipinski definition) is 2. The van der Waals surface area contributed by atoms with Crippen molar-refractivity contribution in [3.05, 3.63) is 0 Å². The summed E-state index contributed by atoms with van der Waals surface area (Å²) < 4.78 is 0. The summed E-state index contributed by atoms with van der Waals surface area (Å²) in [5.74, 6) is 0.0706. The van der Waals surface area contributed by atoms with Crippen molar-refractivity contribution in [1.29, 1.82) is 0 Å². The first-order chi connectivity index (χ1) is 7.14. The van der Waals surface area contributed by atoms with Gasteiger partial charge in [-0.2, -0.15) is 0 Å². The van der Waals surface area contributed by atoms with E-state index >= 15 is 0 Å². The lowest BCUT2D eigenvalue weighted by molar-refractivity contribution is -0.123. The molecule has 0 atom stereocenters. The topological polar surface area (TPSA) is 49.3 Å². The van der Waals surface area contributed by atoms with Crippen LogP contribution >= 0.6 is 0 Å². The molecule has 3 heteroatoms. The monoisotopic (exact) mass is 215 g/mol. The molecule has 90 valence electrons. The molecule has 0 aliphatic heterocycles. The van der Waals surface area contributed by atoms with E-state index in [4.69, 9.17) is 0 Å². The quantitative estimate of drug-likeness (QED) is 0.610. The Morgan fingerprint density at radius 1 is 1.20 bits per heavy atom. The van der Waals surface area contributed by atoms with Crippen LogP contribution in [0, 0.1) is 0 Å². The molecule has 2 N–H and O–H groups in total. The first-order valence-corrected chi connectivity index (χ1v) is 6.06. The molecule has 0 aromatic carbocycles. The Bertz CT molecular complexity index is 168. The average Bonchev–Trinajstić information content (AvgIpc) is 2.26. The van der Waals surface area contributed by atoms with E-state index in [9.17, 15) is 9.90 Å². The van der Waals surface area contributed by atoms with E-state index in [2.05, 4.69) is 12.2 Å². The minimum absolute atomic E-state index is 0.0273. The van der Waals surface area contributed by atoms with Crippen molar-refractivity contribution >= 4 is 5.91 Å². The zero-order valence-corrected chi connectivity index (χ0v) is 10.3. The average molecular weight is 215 g/mol. The van der Waals surface area contributed by atoms with Crippen LogP contribution in [0.1, 0.15) is 59.3 Å². The van der Waals surface area contributed by atoms with Crippen molar-refractivity contribution in [2.24, 2.45) is 0 Å². The Morgan fingerprint density at radius 2 is 1.80 bits per heavy atom. The molecule has 0 aromatic rings. The van der Waals surface area contributed by atoms with Crippen molar-refractivity contribution < 1.29 is 9.90 Å². The highest BCUT2D eigenvalue weighted by Gasteiger charge is 2.26. The second-order valence-corrected chi connectivity index (χ2v) is 4.15. The molecule has 0 heterocycles.